The number of hydrogen-bond donors (Lipinski definition) is 1. The smallest absolute Gasteiger partial charge is 0.343 e. The van der Waals surface area contributed by atoms with Crippen LogP contribution in [0.3, 0.4) is 0 Å². The number of nitrogens with one attached hydrogen (secondary N) is 1. The molecule has 1 heterocycles. The van der Waals surface area contributed by atoms with Crippen LogP contribution < -0.4 is 19.6 Å². The second kappa shape index (κ2) is 8.79. The summed E-state index contributed by atoms with van der Waals surface area (Å²) in [6, 6.07) is 18.6. The first-order valence-electron chi connectivity index (χ1n) is 8.89. The van der Waals surface area contributed by atoms with E-state index in [4.69, 9.17) is 14.2 Å². The number of nitrogens with zero attached hydrogens (tertiary/aromatic N) is 1. The molecule has 0 aromatic heterocycles. The van der Waals surface area contributed by atoms with Crippen molar-refractivity contribution >= 4 is 34.0 Å². The fourth-order valence-electron chi connectivity index (χ4n) is 2.71. The Bertz CT molecular complexity index is 1150. The lowest BCUT2D eigenvalue weighted by molar-refractivity contribution is 0.0734. The third-order valence-electron chi connectivity index (χ3n) is 4.14. The molecule has 1 aliphatic heterocycles. The van der Waals surface area contributed by atoms with Crippen molar-refractivity contribution in [1.82, 2.24) is 5.43 Å². The Balaban J connectivity index is 1.39. The van der Waals surface area contributed by atoms with Gasteiger partial charge in [0.15, 0.2) is 11.5 Å². The molecular formula is C22H15BrN2O5. The number of halogens is 1. The minimum atomic E-state index is -0.523. The standard InChI is InChI=1S/C22H15BrN2O5/c23-17-5-2-4-15(10-17)21(26)25-24-12-14-3-1-6-18(9-14)30-22(27)16-7-8-19-20(11-16)29-13-28-19/h1-12H,13H2,(H,25,26)/b24-12-. The first-order valence-corrected chi connectivity index (χ1v) is 9.69. The highest BCUT2D eigenvalue weighted by Gasteiger charge is 2.17. The topological polar surface area (TPSA) is 86.2 Å². The second-order valence-electron chi connectivity index (χ2n) is 6.24. The summed E-state index contributed by atoms with van der Waals surface area (Å²) in [5.74, 6) is 0.587. The molecule has 7 nitrogen and oxygen atoms in total. The number of rotatable bonds is 5. The SMILES string of the molecule is O=C(N/N=C\c1cccc(OC(=O)c2ccc3c(c2)OCO3)c1)c1cccc(Br)c1. The van der Waals surface area contributed by atoms with E-state index in [1.807, 2.05) is 6.07 Å². The lowest BCUT2D eigenvalue weighted by Crippen LogP contribution is -2.17. The molecule has 1 aliphatic rings. The van der Waals surface area contributed by atoms with E-state index in [0.29, 0.717) is 33.9 Å². The monoisotopic (exact) mass is 466 g/mol. The zero-order chi connectivity index (χ0) is 20.9. The number of carbonyl (C=O) groups excluding carboxylic acids is 2. The number of amides is 1. The van der Waals surface area contributed by atoms with E-state index in [1.54, 1.807) is 60.7 Å². The molecule has 8 heteroatoms. The van der Waals surface area contributed by atoms with Gasteiger partial charge in [0.2, 0.25) is 6.79 Å². The van der Waals surface area contributed by atoms with Crippen LogP contribution in [-0.2, 0) is 0 Å². The Labute approximate surface area is 180 Å². The highest BCUT2D eigenvalue weighted by molar-refractivity contribution is 9.10. The van der Waals surface area contributed by atoms with Gasteiger partial charge < -0.3 is 14.2 Å². The molecule has 4 rings (SSSR count). The molecule has 0 aliphatic carbocycles. The van der Waals surface area contributed by atoms with E-state index in [9.17, 15) is 9.59 Å². The molecule has 0 bridgehead atoms. The first kappa shape index (κ1) is 19.7. The van der Waals surface area contributed by atoms with Gasteiger partial charge in [-0.3, -0.25) is 4.79 Å². The Morgan fingerprint density at radius 1 is 0.967 bits per heavy atom. The normalized spacial score (nSPS) is 12.0. The average molecular weight is 467 g/mol. The number of hydrogen-bond acceptors (Lipinski definition) is 6. The van der Waals surface area contributed by atoms with Crippen LogP contribution in [0.15, 0.2) is 76.3 Å². The van der Waals surface area contributed by atoms with Gasteiger partial charge in [0.25, 0.3) is 5.91 Å². The molecule has 0 saturated carbocycles. The maximum absolute atomic E-state index is 12.4. The summed E-state index contributed by atoms with van der Waals surface area (Å²) in [5, 5.41) is 3.95. The molecule has 0 radical (unpaired) electrons. The molecule has 0 atom stereocenters. The van der Waals surface area contributed by atoms with Crippen molar-refractivity contribution in [3.05, 3.63) is 87.9 Å². The van der Waals surface area contributed by atoms with Crippen molar-refractivity contribution in [2.24, 2.45) is 5.10 Å². The van der Waals surface area contributed by atoms with Gasteiger partial charge in [0, 0.05) is 10.0 Å². The van der Waals surface area contributed by atoms with E-state index in [1.165, 1.54) is 6.21 Å². The fraction of sp³-hybridized carbons (Fsp3) is 0.0455. The summed E-state index contributed by atoms with van der Waals surface area (Å²) in [6.07, 6.45) is 1.47. The molecule has 0 saturated heterocycles. The molecular weight excluding hydrogens is 452 g/mol. The summed E-state index contributed by atoms with van der Waals surface area (Å²) in [4.78, 5) is 24.5. The van der Waals surface area contributed by atoms with Gasteiger partial charge in [-0.25, -0.2) is 10.2 Å². The Morgan fingerprint density at radius 3 is 2.67 bits per heavy atom. The molecule has 150 valence electrons. The quantitative estimate of drug-likeness (QED) is 0.264. The fourth-order valence-corrected chi connectivity index (χ4v) is 3.11. The maximum atomic E-state index is 12.4. The van der Waals surface area contributed by atoms with Gasteiger partial charge in [-0.1, -0.05) is 34.1 Å². The minimum Gasteiger partial charge on any atom is -0.454 e. The van der Waals surface area contributed by atoms with Crippen LogP contribution >= 0.6 is 15.9 Å². The highest BCUT2D eigenvalue weighted by Crippen LogP contribution is 2.32. The highest BCUT2D eigenvalue weighted by atomic mass is 79.9. The number of fused-ring (bicyclic) bond motifs is 1. The van der Waals surface area contributed by atoms with Gasteiger partial charge >= 0.3 is 5.97 Å². The largest absolute Gasteiger partial charge is 0.454 e. The molecule has 0 spiro atoms. The summed E-state index contributed by atoms with van der Waals surface area (Å²) >= 11 is 3.32. The van der Waals surface area contributed by atoms with E-state index >= 15 is 0 Å². The van der Waals surface area contributed by atoms with E-state index in [0.717, 1.165) is 4.47 Å². The van der Waals surface area contributed by atoms with Crippen LogP contribution in [0, 0.1) is 0 Å². The second-order valence-corrected chi connectivity index (χ2v) is 7.16. The summed E-state index contributed by atoms with van der Waals surface area (Å²) in [5.41, 5.74) is 3.94. The summed E-state index contributed by atoms with van der Waals surface area (Å²) in [7, 11) is 0. The minimum absolute atomic E-state index is 0.132. The average Bonchev–Trinajstić information content (AvgIpc) is 3.22. The van der Waals surface area contributed by atoms with E-state index in [2.05, 4.69) is 26.5 Å². The third kappa shape index (κ3) is 4.66. The molecule has 0 unspecified atom stereocenters. The Kier molecular flexibility index (Phi) is 5.76. The van der Waals surface area contributed by atoms with Crippen molar-refractivity contribution in [2.45, 2.75) is 0 Å². The van der Waals surface area contributed by atoms with E-state index in [-0.39, 0.29) is 12.7 Å². The van der Waals surface area contributed by atoms with Crippen molar-refractivity contribution in [1.29, 1.82) is 0 Å². The molecule has 3 aromatic rings. The maximum Gasteiger partial charge on any atom is 0.343 e. The van der Waals surface area contributed by atoms with Gasteiger partial charge in [-0.15, -0.1) is 0 Å². The van der Waals surface area contributed by atoms with Gasteiger partial charge in [-0.05, 0) is 54.1 Å². The first-order chi connectivity index (χ1) is 14.6. The van der Waals surface area contributed by atoms with Gasteiger partial charge in [0.1, 0.15) is 5.75 Å². The number of benzene rings is 3. The summed E-state index contributed by atoms with van der Waals surface area (Å²) in [6.45, 7) is 0.132. The van der Waals surface area contributed by atoms with Crippen molar-refractivity contribution < 1.29 is 23.8 Å². The summed E-state index contributed by atoms with van der Waals surface area (Å²) < 4.78 is 16.7. The molecule has 0 fully saturated rings. The van der Waals surface area contributed by atoms with Crippen LogP contribution in [0.4, 0.5) is 0 Å². The van der Waals surface area contributed by atoms with Crippen LogP contribution in [0.2, 0.25) is 0 Å². The lowest BCUT2D eigenvalue weighted by atomic mass is 10.2. The Morgan fingerprint density at radius 2 is 1.80 bits per heavy atom. The Hall–Kier alpha value is -3.65. The van der Waals surface area contributed by atoms with Crippen molar-refractivity contribution in [3.63, 3.8) is 0 Å². The molecule has 1 N–H and O–H groups in total. The number of esters is 1. The third-order valence-corrected chi connectivity index (χ3v) is 4.64. The zero-order valence-electron chi connectivity index (χ0n) is 15.5. The van der Waals surface area contributed by atoms with E-state index < -0.39 is 5.97 Å². The van der Waals surface area contributed by atoms with Crippen LogP contribution in [-0.4, -0.2) is 24.9 Å². The van der Waals surface area contributed by atoms with Crippen molar-refractivity contribution in [3.8, 4) is 17.2 Å². The number of ether oxygens (including phenoxy) is 3. The molecule has 30 heavy (non-hydrogen) atoms. The number of hydrazone groups is 1. The number of carbonyl (C=O) groups is 2. The van der Waals surface area contributed by atoms with Gasteiger partial charge in [0.05, 0.1) is 11.8 Å². The molecule has 3 aromatic carbocycles. The van der Waals surface area contributed by atoms with Crippen LogP contribution in [0.5, 0.6) is 17.2 Å². The van der Waals surface area contributed by atoms with Crippen LogP contribution in [0.25, 0.3) is 0 Å². The van der Waals surface area contributed by atoms with Crippen LogP contribution in [0.1, 0.15) is 26.3 Å². The van der Waals surface area contributed by atoms with Gasteiger partial charge in [-0.2, -0.15) is 5.10 Å². The predicted molar refractivity (Wildman–Crippen MR) is 113 cm³/mol. The molecule has 1 amide bonds. The van der Waals surface area contributed by atoms with Crippen molar-refractivity contribution in [2.75, 3.05) is 6.79 Å². The lowest BCUT2D eigenvalue weighted by Gasteiger charge is -2.06. The predicted octanol–water partition coefficient (Wildman–Crippen LogP) is 4.16. The zero-order valence-corrected chi connectivity index (χ0v) is 17.1.